The fourth-order valence-electron chi connectivity index (χ4n) is 5.55. The van der Waals surface area contributed by atoms with E-state index in [-0.39, 0.29) is 6.61 Å². The van der Waals surface area contributed by atoms with Crippen molar-refractivity contribution in [3.63, 3.8) is 0 Å². The average molecular weight is 771 g/mol. The van der Waals surface area contributed by atoms with Crippen molar-refractivity contribution in [2.45, 2.75) is 115 Å². The number of aliphatic hydroxyl groups is 1. The first-order valence-electron chi connectivity index (χ1n) is 16.5. The van der Waals surface area contributed by atoms with Gasteiger partial charge in [0.05, 0.1) is 6.61 Å². The topological polar surface area (TPSA) is 79.3 Å². The zero-order chi connectivity index (χ0) is 35.9. The van der Waals surface area contributed by atoms with Gasteiger partial charge in [0.15, 0.2) is 33.3 Å². The van der Waals surface area contributed by atoms with E-state index in [2.05, 4.69) is 83.5 Å². The van der Waals surface area contributed by atoms with Crippen LogP contribution in [0.15, 0.2) is 48.7 Å². The fourth-order valence-corrected chi connectivity index (χ4v) is 10.7. The summed E-state index contributed by atoms with van der Waals surface area (Å²) in [4.78, 5) is 5.84. The van der Waals surface area contributed by atoms with Gasteiger partial charge in [-0.25, -0.2) is 4.98 Å². The quantitative estimate of drug-likeness (QED) is 0.137. The molecule has 7 nitrogen and oxygen atoms in total. The van der Waals surface area contributed by atoms with Gasteiger partial charge in [-0.2, -0.15) is 4.39 Å². The number of hydrogen-bond donors (Lipinski definition) is 1. The van der Waals surface area contributed by atoms with Gasteiger partial charge in [0.1, 0.15) is 24.4 Å². The van der Waals surface area contributed by atoms with Crippen molar-refractivity contribution >= 4 is 56.2 Å². The van der Waals surface area contributed by atoms with Gasteiger partial charge in [-0.3, -0.25) is 0 Å². The van der Waals surface area contributed by atoms with E-state index in [0.717, 1.165) is 20.9 Å². The molecule has 0 radical (unpaired) electrons. The van der Waals surface area contributed by atoms with Crippen molar-refractivity contribution in [3.05, 3.63) is 75.6 Å². The molecular weight excluding hydrogens is 717 g/mol. The van der Waals surface area contributed by atoms with E-state index in [0.29, 0.717) is 17.0 Å². The summed E-state index contributed by atoms with van der Waals surface area (Å²) < 4.78 is 47.5. The van der Waals surface area contributed by atoms with Crippen LogP contribution in [-0.4, -0.2) is 74.4 Å². The highest BCUT2D eigenvalue weighted by atomic mass is 35.5. The van der Waals surface area contributed by atoms with Crippen LogP contribution >= 0.6 is 22.9 Å². The first-order chi connectivity index (χ1) is 21.9. The zero-order valence-electron chi connectivity index (χ0n) is 30.4. The lowest BCUT2D eigenvalue weighted by atomic mass is 9.87. The van der Waals surface area contributed by atoms with E-state index < -0.39 is 69.4 Å². The molecule has 1 aromatic carbocycles. The molecule has 14 heteroatoms. The van der Waals surface area contributed by atoms with Crippen LogP contribution in [0.4, 0.5) is 4.39 Å². The minimum absolute atomic E-state index is 0.259. The van der Waals surface area contributed by atoms with E-state index in [4.69, 9.17) is 34.0 Å². The third kappa shape index (κ3) is 11.0. The number of rotatable bonds is 13. The monoisotopic (exact) mass is 769 g/mol. The maximum absolute atomic E-state index is 13.4. The Balaban J connectivity index is 1.81. The maximum atomic E-state index is 13.4. The van der Waals surface area contributed by atoms with Crippen molar-refractivity contribution in [1.82, 2.24) is 4.98 Å². The van der Waals surface area contributed by atoms with Gasteiger partial charge in [-0.05, 0) is 121 Å². The number of halogens is 2. The normalized spacial score (nSPS) is 24.2. The highest BCUT2D eigenvalue weighted by molar-refractivity contribution is 7.15. The van der Waals surface area contributed by atoms with Crippen LogP contribution in [0.3, 0.4) is 0 Å². The van der Waals surface area contributed by atoms with Crippen molar-refractivity contribution in [1.29, 1.82) is 0 Å². The summed E-state index contributed by atoms with van der Waals surface area (Å²) in [6.45, 7) is 25.9. The van der Waals surface area contributed by atoms with Gasteiger partial charge in [0, 0.05) is 38.5 Å². The van der Waals surface area contributed by atoms with E-state index in [9.17, 15) is 9.50 Å². The summed E-state index contributed by atoms with van der Waals surface area (Å²) in [6.07, 6.45) is -0.521. The molecule has 1 saturated heterocycles. The third-order valence-electron chi connectivity index (χ3n) is 7.34. The third-order valence-corrected chi connectivity index (χ3v) is 12.8. The van der Waals surface area contributed by atoms with E-state index >= 15 is 0 Å². The van der Waals surface area contributed by atoms with Crippen molar-refractivity contribution in [2.75, 3.05) is 6.61 Å². The molecule has 1 N–H and O–H groups in total. The van der Waals surface area contributed by atoms with Gasteiger partial charge < -0.3 is 27.5 Å². The second-order valence-electron chi connectivity index (χ2n) is 16.4. The standard InChI is InChI=1S/C34H53ClFNO6SSi4/c1-45(2,3)39-22-28-31(41-46(4,5)6)32(42-47(7,8)9)33(43-48(10,11)12)34(38,40-28)25-14-16-27(35)24(19-25)20-26-15-17-29(44-26)23-13-18-30(36)37-21-23/h13-19,21,28,31-33,38H,20,22H2,1-12H3/t28?,31?,32?,33?,34-/m0/s1. The second-order valence-corrected chi connectivity index (χ2v) is 35.9. The maximum Gasteiger partial charge on any atom is 0.221 e. The smallest absolute Gasteiger partial charge is 0.221 e. The van der Waals surface area contributed by atoms with Crippen LogP contribution in [0.1, 0.15) is 16.0 Å². The lowest BCUT2D eigenvalue weighted by Gasteiger charge is -2.54. The molecule has 3 heterocycles. The predicted octanol–water partition coefficient (Wildman–Crippen LogP) is 9.25. The Morgan fingerprint density at radius 3 is 2.02 bits per heavy atom. The number of hydrogen-bond acceptors (Lipinski definition) is 8. The van der Waals surface area contributed by atoms with Crippen LogP contribution in [0, 0.1) is 5.95 Å². The molecule has 4 rings (SSSR count). The van der Waals surface area contributed by atoms with Crippen molar-refractivity contribution in [3.8, 4) is 10.4 Å². The number of aromatic nitrogens is 1. The molecule has 4 unspecified atom stereocenters. The lowest BCUT2D eigenvalue weighted by Crippen LogP contribution is -2.69. The fraction of sp³-hybridized carbons (Fsp3) is 0.559. The summed E-state index contributed by atoms with van der Waals surface area (Å²) in [6, 6.07) is 12.7. The zero-order valence-corrected chi connectivity index (χ0v) is 36.0. The van der Waals surface area contributed by atoms with E-state index in [1.807, 2.05) is 30.3 Å². The number of thiophene rings is 1. The first kappa shape index (κ1) is 39.7. The highest BCUT2D eigenvalue weighted by Gasteiger charge is 2.59. The molecule has 0 saturated carbocycles. The molecule has 2 aromatic heterocycles. The molecule has 1 aliphatic heterocycles. The van der Waals surface area contributed by atoms with Crippen LogP contribution in [0.25, 0.3) is 10.4 Å². The number of pyridine rings is 1. The Kier molecular flexibility index (Phi) is 12.3. The molecule has 1 aliphatic rings. The SMILES string of the molecule is C[Si](C)(C)OCC1O[C@@](O)(c2ccc(Cl)c(Cc3ccc(-c4ccc(F)nc4)s3)c2)C(O[Si](C)(C)C)C(O[Si](C)(C)C)C1O[Si](C)(C)C. The van der Waals surface area contributed by atoms with Crippen LogP contribution in [0.2, 0.25) is 83.6 Å². The molecule has 266 valence electrons. The number of nitrogens with zero attached hydrogens (tertiary/aromatic N) is 1. The molecule has 3 aromatic rings. The van der Waals surface area contributed by atoms with Gasteiger partial charge in [-0.1, -0.05) is 17.7 Å². The number of benzene rings is 1. The van der Waals surface area contributed by atoms with Crippen molar-refractivity contribution < 1.29 is 31.9 Å². The first-order valence-corrected chi connectivity index (χ1v) is 31.3. The molecule has 1 fully saturated rings. The molecule has 5 atom stereocenters. The van der Waals surface area contributed by atoms with Crippen LogP contribution in [0.5, 0.6) is 0 Å². The Hall–Kier alpha value is -1.08. The molecule has 0 aliphatic carbocycles. The summed E-state index contributed by atoms with van der Waals surface area (Å²) in [5.74, 6) is -2.39. The predicted molar refractivity (Wildman–Crippen MR) is 204 cm³/mol. The van der Waals surface area contributed by atoms with Gasteiger partial charge in [0.2, 0.25) is 11.7 Å². The van der Waals surface area contributed by atoms with Crippen LogP contribution in [-0.2, 0) is 34.6 Å². The Labute approximate surface area is 299 Å². The molecular formula is C34H53ClFNO6SSi4. The Morgan fingerprint density at radius 2 is 1.46 bits per heavy atom. The Morgan fingerprint density at radius 1 is 0.833 bits per heavy atom. The minimum Gasteiger partial charge on any atom is -0.415 e. The summed E-state index contributed by atoms with van der Waals surface area (Å²) in [7, 11) is -8.59. The summed E-state index contributed by atoms with van der Waals surface area (Å²) in [5, 5.41) is 13.5. The van der Waals surface area contributed by atoms with Gasteiger partial charge >= 0.3 is 0 Å². The Bertz CT molecular complexity index is 1540. The minimum atomic E-state index is -2.29. The summed E-state index contributed by atoms with van der Waals surface area (Å²) >= 11 is 8.40. The molecule has 0 amide bonds. The van der Waals surface area contributed by atoms with Crippen molar-refractivity contribution in [2.24, 2.45) is 0 Å². The van der Waals surface area contributed by atoms with Gasteiger partial charge in [-0.15, -0.1) is 11.3 Å². The van der Waals surface area contributed by atoms with Crippen LogP contribution < -0.4 is 0 Å². The summed E-state index contributed by atoms with van der Waals surface area (Å²) in [5.41, 5.74) is 2.22. The lowest BCUT2D eigenvalue weighted by molar-refractivity contribution is -0.348. The van der Waals surface area contributed by atoms with Gasteiger partial charge in [0.25, 0.3) is 0 Å². The number of ether oxygens (including phenoxy) is 1. The average Bonchev–Trinajstić information content (AvgIpc) is 3.39. The second kappa shape index (κ2) is 14.9. The molecule has 0 bridgehead atoms. The molecule has 0 spiro atoms. The van der Waals surface area contributed by atoms with E-state index in [1.54, 1.807) is 17.4 Å². The van der Waals surface area contributed by atoms with E-state index in [1.165, 1.54) is 12.3 Å². The largest absolute Gasteiger partial charge is 0.415 e. The molecule has 48 heavy (non-hydrogen) atoms. The highest BCUT2D eigenvalue weighted by Crippen LogP contribution is 2.44.